The summed E-state index contributed by atoms with van der Waals surface area (Å²) in [4.78, 5) is 2.50. The van der Waals surface area contributed by atoms with E-state index in [4.69, 9.17) is 0 Å². The van der Waals surface area contributed by atoms with Gasteiger partial charge in [0.15, 0.2) is 0 Å². The van der Waals surface area contributed by atoms with Crippen LogP contribution < -0.4 is 0 Å². The molecular weight excluding hydrogens is 312 g/mol. The van der Waals surface area contributed by atoms with E-state index >= 15 is 0 Å². The lowest BCUT2D eigenvalue weighted by Gasteiger charge is -2.41. The monoisotopic (exact) mass is 346 g/mol. The molecule has 5 heteroatoms. The van der Waals surface area contributed by atoms with Crippen LogP contribution in [0.15, 0.2) is 0 Å². The Morgan fingerprint density at radius 3 is 2.72 bits per heavy atom. The molecule has 1 N–H and O–H groups in total. The first kappa shape index (κ1) is 17.5. The van der Waals surface area contributed by atoms with Crippen molar-refractivity contribution in [3.8, 4) is 0 Å². The lowest BCUT2D eigenvalue weighted by molar-refractivity contribution is -0.0400. The van der Waals surface area contributed by atoms with Crippen LogP contribution >= 0.6 is 0 Å². The second kappa shape index (κ2) is 7.36. The minimum absolute atomic E-state index is 0.462. The Morgan fingerprint density at radius 1 is 1.04 bits per heavy atom. The molecule has 1 saturated carbocycles. The minimum Gasteiger partial charge on any atom is -0.389 e. The number of β-amino-alcohol motifs (C(OH)–C–C–N with tert-alkyl or cyclic N) is 1. The van der Waals surface area contributed by atoms with Gasteiger partial charge in [-0.25, -0.2) is 0 Å². The van der Waals surface area contributed by atoms with Crippen molar-refractivity contribution in [2.45, 2.75) is 89.2 Å². The summed E-state index contributed by atoms with van der Waals surface area (Å²) in [6.07, 6.45) is 11.6. The summed E-state index contributed by atoms with van der Waals surface area (Å²) in [6, 6.07) is 0. The summed E-state index contributed by atoms with van der Waals surface area (Å²) in [5, 5.41) is 20.1. The number of piperidine rings is 1. The average Bonchev–Trinajstić information content (AvgIpc) is 2.87. The van der Waals surface area contributed by atoms with Crippen molar-refractivity contribution in [1.82, 2.24) is 19.7 Å². The molecule has 4 rings (SSSR count). The number of nitrogens with zero attached hydrogens (tertiary/aromatic N) is 4. The number of likely N-dealkylation sites (tertiary alicyclic amines) is 1. The van der Waals surface area contributed by atoms with Gasteiger partial charge >= 0.3 is 0 Å². The Balaban J connectivity index is 1.42. The highest BCUT2D eigenvalue weighted by atomic mass is 16.3. The van der Waals surface area contributed by atoms with Crippen LogP contribution in [0.3, 0.4) is 0 Å². The molecule has 1 aromatic rings. The van der Waals surface area contributed by atoms with Gasteiger partial charge in [0, 0.05) is 32.0 Å². The Bertz CT molecular complexity index is 576. The van der Waals surface area contributed by atoms with Crippen LogP contribution in [0.2, 0.25) is 0 Å². The molecule has 0 radical (unpaired) electrons. The van der Waals surface area contributed by atoms with Gasteiger partial charge in [0.1, 0.15) is 11.6 Å². The highest BCUT2D eigenvalue weighted by Gasteiger charge is 2.36. The van der Waals surface area contributed by atoms with Gasteiger partial charge in [-0.2, -0.15) is 0 Å². The molecule has 3 aliphatic rings. The fourth-order valence-electron chi connectivity index (χ4n) is 5.09. The van der Waals surface area contributed by atoms with Gasteiger partial charge in [-0.3, -0.25) is 4.90 Å². The van der Waals surface area contributed by atoms with Gasteiger partial charge in [0.25, 0.3) is 0 Å². The van der Waals surface area contributed by atoms with E-state index < -0.39 is 5.60 Å². The molecule has 2 fully saturated rings. The fourth-order valence-corrected chi connectivity index (χ4v) is 5.09. The van der Waals surface area contributed by atoms with Gasteiger partial charge in [-0.15, -0.1) is 10.2 Å². The first-order chi connectivity index (χ1) is 12.1. The average molecular weight is 347 g/mol. The molecule has 0 spiro atoms. The fraction of sp³-hybridized carbons (Fsp3) is 0.900. The molecule has 25 heavy (non-hydrogen) atoms. The third-order valence-corrected chi connectivity index (χ3v) is 6.73. The lowest BCUT2D eigenvalue weighted by Crippen LogP contribution is -2.48. The maximum absolute atomic E-state index is 11.0. The highest BCUT2D eigenvalue weighted by molar-refractivity contribution is 5.06. The van der Waals surface area contributed by atoms with Crippen molar-refractivity contribution in [2.24, 2.45) is 5.92 Å². The third-order valence-electron chi connectivity index (χ3n) is 6.73. The Labute approximate surface area is 151 Å². The second-order valence-corrected chi connectivity index (χ2v) is 8.92. The molecular formula is C20H34N4O. The molecule has 0 bridgehead atoms. The largest absolute Gasteiger partial charge is 0.389 e. The number of aromatic nitrogens is 3. The molecule has 140 valence electrons. The van der Waals surface area contributed by atoms with Crippen molar-refractivity contribution in [3.05, 3.63) is 11.6 Å². The van der Waals surface area contributed by atoms with Gasteiger partial charge in [-0.1, -0.05) is 13.3 Å². The number of hydrogen-bond acceptors (Lipinski definition) is 4. The number of rotatable bonds is 3. The summed E-state index contributed by atoms with van der Waals surface area (Å²) < 4.78 is 2.41. The number of hydrogen-bond donors (Lipinski definition) is 1. The topological polar surface area (TPSA) is 54.2 Å². The van der Waals surface area contributed by atoms with Gasteiger partial charge in [0.2, 0.25) is 0 Å². The maximum atomic E-state index is 11.0. The molecule has 5 nitrogen and oxygen atoms in total. The number of aryl methyl sites for hydroxylation is 1. The molecule has 1 saturated heterocycles. The minimum atomic E-state index is -0.462. The molecule has 1 atom stereocenters. The van der Waals surface area contributed by atoms with E-state index in [0.717, 1.165) is 51.4 Å². The first-order valence-electron chi connectivity index (χ1n) is 10.5. The molecule has 0 amide bonds. The summed E-state index contributed by atoms with van der Waals surface area (Å²) in [5.74, 6) is 3.68. The van der Waals surface area contributed by atoms with E-state index in [2.05, 4.69) is 26.6 Å². The smallest absolute Gasteiger partial charge is 0.137 e. The molecule has 1 aromatic heterocycles. The number of fused-ring (bicyclic) bond motifs is 1. The highest BCUT2D eigenvalue weighted by Crippen LogP contribution is 2.34. The second-order valence-electron chi connectivity index (χ2n) is 8.92. The summed E-state index contributed by atoms with van der Waals surface area (Å²) in [6.45, 7) is 6.41. The molecule has 1 unspecified atom stereocenters. The van der Waals surface area contributed by atoms with E-state index in [-0.39, 0.29) is 0 Å². The normalized spacial score (nSPS) is 34.5. The van der Waals surface area contributed by atoms with Crippen molar-refractivity contribution in [2.75, 3.05) is 19.6 Å². The van der Waals surface area contributed by atoms with E-state index in [9.17, 15) is 5.11 Å². The summed E-state index contributed by atoms with van der Waals surface area (Å²) in [7, 11) is 0. The molecule has 1 aliphatic carbocycles. The van der Waals surface area contributed by atoms with Crippen LogP contribution in [-0.2, 0) is 13.0 Å². The SMILES string of the molecule is CC1CCC(O)(CN2CCCC(c3nnc4n3CCCCC4)C2)CC1. The Morgan fingerprint density at radius 2 is 1.88 bits per heavy atom. The molecule has 2 aliphatic heterocycles. The van der Waals surface area contributed by atoms with Gasteiger partial charge < -0.3 is 9.67 Å². The van der Waals surface area contributed by atoms with Gasteiger partial charge in [0.05, 0.1) is 5.60 Å². The van der Waals surface area contributed by atoms with Gasteiger partial charge in [-0.05, 0) is 63.8 Å². The van der Waals surface area contributed by atoms with Crippen LogP contribution in [0.25, 0.3) is 0 Å². The molecule has 3 heterocycles. The zero-order valence-corrected chi connectivity index (χ0v) is 15.8. The third kappa shape index (κ3) is 3.92. The van der Waals surface area contributed by atoms with Crippen LogP contribution in [-0.4, -0.2) is 50.0 Å². The number of aliphatic hydroxyl groups is 1. The Hall–Kier alpha value is -0.940. The van der Waals surface area contributed by atoms with Crippen LogP contribution in [0.5, 0.6) is 0 Å². The quantitative estimate of drug-likeness (QED) is 0.914. The lowest BCUT2D eigenvalue weighted by atomic mass is 9.79. The van der Waals surface area contributed by atoms with Crippen LogP contribution in [0.4, 0.5) is 0 Å². The summed E-state index contributed by atoms with van der Waals surface area (Å²) in [5.41, 5.74) is -0.462. The zero-order valence-electron chi connectivity index (χ0n) is 15.8. The van der Waals surface area contributed by atoms with Crippen LogP contribution in [0.1, 0.15) is 82.3 Å². The van der Waals surface area contributed by atoms with Crippen molar-refractivity contribution in [1.29, 1.82) is 0 Å². The maximum Gasteiger partial charge on any atom is 0.137 e. The standard InChI is InChI=1S/C20H34N4O/c1-16-8-10-20(25,11-9-16)15-23-12-5-6-17(14-23)19-22-21-18-7-3-2-4-13-24(18)19/h16-17,25H,2-15H2,1H3. The van der Waals surface area contributed by atoms with Crippen molar-refractivity contribution >= 4 is 0 Å². The van der Waals surface area contributed by atoms with Crippen molar-refractivity contribution in [3.63, 3.8) is 0 Å². The predicted molar refractivity (Wildman–Crippen MR) is 98.6 cm³/mol. The molecule has 0 aromatic carbocycles. The van der Waals surface area contributed by atoms with E-state index in [1.165, 1.54) is 56.6 Å². The van der Waals surface area contributed by atoms with E-state index in [1.54, 1.807) is 0 Å². The first-order valence-corrected chi connectivity index (χ1v) is 10.5. The zero-order chi connectivity index (χ0) is 17.3. The van der Waals surface area contributed by atoms with E-state index in [1.807, 2.05) is 0 Å². The van der Waals surface area contributed by atoms with Crippen LogP contribution in [0, 0.1) is 5.92 Å². The van der Waals surface area contributed by atoms with E-state index in [0.29, 0.717) is 5.92 Å². The Kier molecular flexibility index (Phi) is 5.14. The van der Waals surface area contributed by atoms with Crippen molar-refractivity contribution < 1.29 is 5.11 Å². The summed E-state index contributed by atoms with van der Waals surface area (Å²) >= 11 is 0. The predicted octanol–water partition coefficient (Wildman–Crippen LogP) is 3.13.